The second-order valence-corrected chi connectivity index (χ2v) is 5.77. The summed E-state index contributed by atoms with van der Waals surface area (Å²) in [5, 5.41) is 2.93. The number of amides is 2. The molecule has 2 amide bonds. The number of nitrogens with zero attached hydrogens (tertiary/aromatic N) is 1. The Morgan fingerprint density at radius 3 is 2.65 bits per heavy atom. The minimum absolute atomic E-state index is 0.0418. The van der Waals surface area contributed by atoms with Crippen molar-refractivity contribution < 1.29 is 9.59 Å². The highest BCUT2D eigenvalue weighted by Crippen LogP contribution is 2.37. The summed E-state index contributed by atoms with van der Waals surface area (Å²) >= 11 is 0. The molecule has 1 aromatic carbocycles. The third-order valence-corrected chi connectivity index (χ3v) is 4.32. The van der Waals surface area contributed by atoms with Gasteiger partial charge in [-0.2, -0.15) is 0 Å². The van der Waals surface area contributed by atoms with Crippen LogP contribution in [0.4, 0.5) is 5.69 Å². The van der Waals surface area contributed by atoms with Gasteiger partial charge in [-0.05, 0) is 44.2 Å². The number of nitrogens with one attached hydrogen (secondary N) is 1. The molecule has 4 heteroatoms. The molecule has 1 fully saturated rings. The lowest BCUT2D eigenvalue weighted by molar-refractivity contribution is -0.121. The lowest BCUT2D eigenvalue weighted by Crippen LogP contribution is -2.49. The van der Waals surface area contributed by atoms with Gasteiger partial charge in [-0.15, -0.1) is 0 Å². The van der Waals surface area contributed by atoms with E-state index in [0.29, 0.717) is 11.5 Å². The van der Waals surface area contributed by atoms with Gasteiger partial charge >= 0.3 is 0 Å². The second-order valence-electron chi connectivity index (χ2n) is 5.77. The number of benzene rings is 1. The van der Waals surface area contributed by atoms with Crippen molar-refractivity contribution in [3.8, 4) is 0 Å². The monoisotopic (exact) mass is 272 g/mol. The highest BCUT2D eigenvalue weighted by molar-refractivity contribution is 6.11. The number of para-hydroxylation sites is 1. The molecular formula is C16H20N2O2. The summed E-state index contributed by atoms with van der Waals surface area (Å²) in [7, 11) is 0. The Labute approximate surface area is 119 Å². The van der Waals surface area contributed by atoms with Gasteiger partial charge < -0.3 is 10.2 Å². The third-order valence-electron chi connectivity index (χ3n) is 4.32. The molecule has 1 N–H and O–H groups in total. The summed E-state index contributed by atoms with van der Waals surface area (Å²) in [6, 6.07) is 7.12. The molecule has 4 nitrogen and oxygen atoms in total. The summed E-state index contributed by atoms with van der Waals surface area (Å²) in [4.78, 5) is 27.0. The van der Waals surface area contributed by atoms with Gasteiger partial charge in [0, 0.05) is 6.04 Å². The summed E-state index contributed by atoms with van der Waals surface area (Å²) in [5.41, 5.74) is 1.34. The predicted molar refractivity (Wildman–Crippen MR) is 77.7 cm³/mol. The lowest BCUT2D eigenvalue weighted by Gasteiger charge is -2.30. The van der Waals surface area contributed by atoms with E-state index in [1.165, 1.54) is 0 Å². The number of anilines is 1. The van der Waals surface area contributed by atoms with Crippen molar-refractivity contribution in [2.45, 2.75) is 45.2 Å². The van der Waals surface area contributed by atoms with E-state index < -0.39 is 0 Å². The molecule has 0 radical (unpaired) electrons. The van der Waals surface area contributed by atoms with Crippen LogP contribution in [0.3, 0.4) is 0 Å². The Morgan fingerprint density at radius 1 is 1.30 bits per heavy atom. The standard InChI is InChI=1S/C16H20N2O2/c1-3-10(2)18-13-7-5-4-6-12(13)15(19)17-14(16(18)20)11-8-9-11/h4-7,10-11,14H,3,8-9H2,1-2H3,(H,17,19). The van der Waals surface area contributed by atoms with Crippen LogP contribution in [-0.4, -0.2) is 23.9 Å². The molecule has 106 valence electrons. The third kappa shape index (κ3) is 2.09. The lowest BCUT2D eigenvalue weighted by atomic mass is 10.1. The first kappa shape index (κ1) is 13.2. The number of hydrogen-bond acceptors (Lipinski definition) is 2. The molecule has 3 rings (SSSR count). The largest absolute Gasteiger partial charge is 0.340 e. The van der Waals surface area contributed by atoms with E-state index in [9.17, 15) is 9.59 Å². The average molecular weight is 272 g/mol. The molecule has 2 atom stereocenters. The minimum Gasteiger partial charge on any atom is -0.340 e. The fourth-order valence-corrected chi connectivity index (χ4v) is 2.81. The van der Waals surface area contributed by atoms with E-state index in [1.807, 2.05) is 30.0 Å². The summed E-state index contributed by atoms with van der Waals surface area (Å²) in [6.07, 6.45) is 2.93. The second kappa shape index (κ2) is 4.93. The number of rotatable bonds is 3. The highest BCUT2D eigenvalue weighted by atomic mass is 16.2. The maximum Gasteiger partial charge on any atom is 0.254 e. The highest BCUT2D eigenvalue weighted by Gasteiger charge is 2.43. The van der Waals surface area contributed by atoms with Crippen LogP contribution in [0.15, 0.2) is 24.3 Å². The maximum absolute atomic E-state index is 12.8. The number of hydrogen-bond donors (Lipinski definition) is 1. The quantitative estimate of drug-likeness (QED) is 0.918. The van der Waals surface area contributed by atoms with Gasteiger partial charge in [0.05, 0.1) is 11.3 Å². The minimum atomic E-state index is -0.358. The van der Waals surface area contributed by atoms with E-state index in [4.69, 9.17) is 0 Å². The Hall–Kier alpha value is -1.84. The van der Waals surface area contributed by atoms with Crippen molar-refractivity contribution >= 4 is 17.5 Å². The van der Waals surface area contributed by atoms with Crippen LogP contribution in [0.1, 0.15) is 43.5 Å². The summed E-state index contributed by atoms with van der Waals surface area (Å²) in [5.74, 6) is 0.226. The van der Waals surface area contributed by atoms with Gasteiger partial charge in [0.15, 0.2) is 0 Å². The number of carbonyl (C=O) groups excluding carboxylic acids is 2. The van der Waals surface area contributed by atoms with Crippen LogP contribution in [-0.2, 0) is 4.79 Å². The number of fused-ring (bicyclic) bond motifs is 1. The molecular weight excluding hydrogens is 252 g/mol. The zero-order valence-corrected chi connectivity index (χ0v) is 11.9. The van der Waals surface area contributed by atoms with Crippen molar-refractivity contribution in [3.63, 3.8) is 0 Å². The molecule has 1 aliphatic carbocycles. The summed E-state index contributed by atoms with van der Waals surface area (Å²) in [6.45, 7) is 4.10. The van der Waals surface area contributed by atoms with Crippen molar-refractivity contribution in [1.29, 1.82) is 0 Å². The van der Waals surface area contributed by atoms with Crippen LogP contribution in [0, 0.1) is 5.92 Å². The van der Waals surface area contributed by atoms with E-state index in [-0.39, 0.29) is 23.9 Å². The van der Waals surface area contributed by atoms with Crippen LogP contribution < -0.4 is 10.2 Å². The normalized spacial score (nSPS) is 23.9. The van der Waals surface area contributed by atoms with Crippen LogP contribution in [0.25, 0.3) is 0 Å². The van der Waals surface area contributed by atoms with E-state index in [0.717, 1.165) is 24.9 Å². The first-order valence-electron chi connectivity index (χ1n) is 7.36. The predicted octanol–water partition coefficient (Wildman–Crippen LogP) is 2.34. The smallest absolute Gasteiger partial charge is 0.254 e. The molecule has 0 bridgehead atoms. The molecule has 1 heterocycles. The van der Waals surface area contributed by atoms with E-state index in [1.54, 1.807) is 6.07 Å². The zero-order valence-electron chi connectivity index (χ0n) is 11.9. The topological polar surface area (TPSA) is 49.4 Å². The van der Waals surface area contributed by atoms with Crippen LogP contribution in [0.5, 0.6) is 0 Å². The number of carbonyl (C=O) groups is 2. The van der Waals surface area contributed by atoms with Gasteiger partial charge in [-0.3, -0.25) is 9.59 Å². The van der Waals surface area contributed by atoms with Gasteiger partial charge in [0.25, 0.3) is 5.91 Å². The fourth-order valence-electron chi connectivity index (χ4n) is 2.81. The van der Waals surface area contributed by atoms with Gasteiger partial charge in [-0.25, -0.2) is 0 Å². The molecule has 1 aliphatic heterocycles. The van der Waals surface area contributed by atoms with Crippen LogP contribution >= 0.6 is 0 Å². The van der Waals surface area contributed by atoms with Gasteiger partial charge in [0.1, 0.15) is 6.04 Å². The zero-order chi connectivity index (χ0) is 14.3. The Morgan fingerprint density at radius 2 is 2.00 bits per heavy atom. The molecule has 1 aromatic rings. The molecule has 0 aromatic heterocycles. The Balaban J connectivity index is 2.08. The summed E-state index contributed by atoms with van der Waals surface area (Å²) < 4.78 is 0. The average Bonchev–Trinajstić information content (AvgIpc) is 3.29. The molecule has 20 heavy (non-hydrogen) atoms. The van der Waals surface area contributed by atoms with E-state index in [2.05, 4.69) is 12.2 Å². The fraction of sp³-hybridized carbons (Fsp3) is 0.500. The maximum atomic E-state index is 12.8. The van der Waals surface area contributed by atoms with Gasteiger partial charge in [0.2, 0.25) is 5.91 Å². The van der Waals surface area contributed by atoms with Crippen molar-refractivity contribution in [1.82, 2.24) is 5.32 Å². The van der Waals surface area contributed by atoms with Crippen LogP contribution in [0.2, 0.25) is 0 Å². The SMILES string of the molecule is CCC(C)N1C(=O)C(C2CC2)NC(=O)c2ccccc21. The molecule has 2 aliphatic rings. The van der Waals surface area contributed by atoms with Crippen molar-refractivity contribution in [2.75, 3.05) is 4.90 Å². The van der Waals surface area contributed by atoms with Gasteiger partial charge in [-0.1, -0.05) is 19.1 Å². The molecule has 1 saturated carbocycles. The van der Waals surface area contributed by atoms with E-state index >= 15 is 0 Å². The first-order valence-corrected chi connectivity index (χ1v) is 7.36. The Bertz CT molecular complexity index is 551. The van der Waals surface area contributed by atoms with Crippen molar-refractivity contribution in [2.24, 2.45) is 5.92 Å². The molecule has 0 saturated heterocycles. The first-order chi connectivity index (χ1) is 9.63. The molecule has 0 spiro atoms. The Kier molecular flexibility index (Phi) is 3.24. The molecule has 2 unspecified atom stereocenters. The van der Waals surface area contributed by atoms with Crippen molar-refractivity contribution in [3.05, 3.63) is 29.8 Å².